The number of hydrogen-bond acceptors (Lipinski definition) is 2. The number of halogens is 3. The van der Waals surface area contributed by atoms with E-state index in [1.807, 2.05) is 12.1 Å². The van der Waals surface area contributed by atoms with Crippen LogP contribution in [0.5, 0.6) is 0 Å². The van der Waals surface area contributed by atoms with Crippen molar-refractivity contribution in [3.63, 3.8) is 0 Å². The van der Waals surface area contributed by atoms with Crippen molar-refractivity contribution >= 4 is 11.6 Å². The molecule has 1 N–H and O–H groups in total. The molecule has 1 unspecified atom stereocenters. The minimum absolute atomic E-state index is 0.00266. The Morgan fingerprint density at radius 3 is 1.68 bits per heavy atom. The quantitative estimate of drug-likeness (QED) is 0.129. The Morgan fingerprint density at radius 2 is 1.22 bits per heavy atom. The normalized spacial score (nSPS) is 13.4. The molecular formula is C30H43F3N2O2. The first-order valence-electron chi connectivity index (χ1n) is 13.8. The highest BCUT2D eigenvalue weighted by Crippen LogP contribution is 2.30. The van der Waals surface area contributed by atoms with Gasteiger partial charge in [0.15, 0.2) is 0 Å². The summed E-state index contributed by atoms with van der Waals surface area (Å²) in [6, 6.07) is 12.0. The average Bonchev–Trinajstić information content (AvgIpc) is 2.86. The van der Waals surface area contributed by atoms with Crippen molar-refractivity contribution in [2.45, 2.75) is 104 Å². The van der Waals surface area contributed by atoms with Gasteiger partial charge in [-0.25, -0.2) is 0 Å². The number of nitrogens with zero attached hydrogens (tertiary/aromatic N) is 1. The molecule has 0 radical (unpaired) electrons. The van der Waals surface area contributed by atoms with Gasteiger partial charge in [0.2, 0.25) is 5.91 Å². The second-order valence-electron chi connectivity index (χ2n) is 10.1. The molecule has 0 fully saturated rings. The SMILES string of the molecule is CCCCCCCCCCCCC(=O)Nc1ccc(C[N+]([O-])(CC)Cc2ccc(C(F)(F)F)cc2)cc1. The largest absolute Gasteiger partial charge is 0.632 e. The van der Waals surface area contributed by atoms with Gasteiger partial charge in [-0.1, -0.05) is 89.0 Å². The predicted molar refractivity (Wildman–Crippen MR) is 145 cm³/mol. The van der Waals surface area contributed by atoms with Crippen LogP contribution in [-0.2, 0) is 24.1 Å². The molecule has 1 atom stereocenters. The number of nitrogens with one attached hydrogen (secondary N) is 1. The molecule has 0 saturated carbocycles. The van der Waals surface area contributed by atoms with Crippen molar-refractivity contribution in [1.29, 1.82) is 0 Å². The van der Waals surface area contributed by atoms with Gasteiger partial charge >= 0.3 is 6.18 Å². The molecule has 206 valence electrons. The summed E-state index contributed by atoms with van der Waals surface area (Å²) in [6.07, 6.45) is 8.37. The Bertz CT molecular complexity index is 914. The van der Waals surface area contributed by atoms with Crippen LogP contribution < -0.4 is 5.32 Å². The lowest BCUT2D eigenvalue weighted by atomic mass is 10.1. The van der Waals surface area contributed by atoms with Crippen molar-refractivity contribution in [3.05, 3.63) is 70.4 Å². The fourth-order valence-electron chi connectivity index (χ4n) is 4.43. The predicted octanol–water partition coefficient (Wildman–Crippen LogP) is 8.99. The maximum Gasteiger partial charge on any atom is 0.416 e. The average molecular weight is 521 g/mol. The number of carbonyl (C=O) groups is 1. The van der Waals surface area contributed by atoms with Gasteiger partial charge in [0.25, 0.3) is 0 Å². The van der Waals surface area contributed by atoms with Gasteiger partial charge in [-0.15, -0.1) is 0 Å². The molecule has 37 heavy (non-hydrogen) atoms. The van der Waals surface area contributed by atoms with Crippen molar-refractivity contribution in [1.82, 2.24) is 0 Å². The molecule has 0 heterocycles. The third-order valence-corrected chi connectivity index (χ3v) is 6.79. The first-order valence-corrected chi connectivity index (χ1v) is 13.8. The monoisotopic (exact) mass is 520 g/mol. The number of unbranched alkanes of at least 4 members (excludes halogenated alkanes) is 9. The molecular weight excluding hydrogens is 477 g/mol. The van der Waals surface area contributed by atoms with Crippen molar-refractivity contribution in [2.75, 3.05) is 11.9 Å². The van der Waals surface area contributed by atoms with Gasteiger partial charge < -0.3 is 15.2 Å². The molecule has 0 aliphatic rings. The highest BCUT2D eigenvalue weighted by atomic mass is 19.4. The zero-order valence-corrected chi connectivity index (χ0v) is 22.4. The molecule has 0 spiro atoms. The molecule has 1 amide bonds. The zero-order valence-electron chi connectivity index (χ0n) is 22.4. The Labute approximate surface area is 220 Å². The van der Waals surface area contributed by atoms with Gasteiger partial charge in [0.05, 0.1) is 12.1 Å². The van der Waals surface area contributed by atoms with Crippen molar-refractivity contribution in [2.24, 2.45) is 0 Å². The molecule has 4 nitrogen and oxygen atoms in total. The van der Waals surface area contributed by atoms with E-state index in [1.165, 1.54) is 63.5 Å². The summed E-state index contributed by atoms with van der Waals surface area (Å²) in [5.41, 5.74) is 1.36. The van der Waals surface area contributed by atoms with E-state index in [1.54, 1.807) is 19.1 Å². The summed E-state index contributed by atoms with van der Waals surface area (Å²) >= 11 is 0. The van der Waals surface area contributed by atoms with Crippen molar-refractivity contribution < 1.29 is 22.6 Å². The first-order chi connectivity index (χ1) is 17.6. The standard InChI is InChI=1S/C30H43F3N2O2/c1-3-5-6-7-8-9-10-11-12-13-14-29(36)34-28-21-17-26(18-22-28)24-35(37,4-2)23-25-15-19-27(20-16-25)30(31,32)33/h15-22H,3-14,23-24H2,1-2H3,(H,34,36). The number of benzene rings is 2. The smallest absolute Gasteiger partial charge is 0.416 e. The number of hydroxylamine groups is 3. The van der Waals surface area contributed by atoms with Crippen LogP contribution in [0.4, 0.5) is 18.9 Å². The van der Waals surface area contributed by atoms with Crippen molar-refractivity contribution in [3.8, 4) is 0 Å². The van der Waals surface area contributed by atoms with Crippen LogP contribution in [0, 0.1) is 5.21 Å². The van der Waals surface area contributed by atoms with Gasteiger partial charge in [0, 0.05) is 23.2 Å². The first kappa shape index (κ1) is 30.8. The zero-order chi connectivity index (χ0) is 27.2. The lowest BCUT2D eigenvalue weighted by Gasteiger charge is -2.42. The molecule has 2 aromatic carbocycles. The van der Waals surface area contributed by atoms with E-state index in [-0.39, 0.29) is 19.0 Å². The van der Waals surface area contributed by atoms with E-state index in [4.69, 9.17) is 0 Å². The molecule has 0 aromatic heterocycles. The number of hydrogen-bond donors (Lipinski definition) is 1. The van der Waals surface area contributed by atoms with E-state index in [2.05, 4.69) is 12.2 Å². The number of carbonyl (C=O) groups excluding carboxylic acids is 1. The summed E-state index contributed by atoms with van der Waals surface area (Å²) in [4.78, 5) is 12.3. The Morgan fingerprint density at radius 1 is 0.757 bits per heavy atom. The number of quaternary nitrogens is 1. The second-order valence-corrected chi connectivity index (χ2v) is 10.1. The Balaban J connectivity index is 1.72. The van der Waals surface area contributed by atoms with E-state index < -0.39 is 16.4 Å². The van der Waals surface area contributed by atoms with Gasteiger partial charge in [-0.2, -0.15) is 13.2 Å². The van der Waals surface area contributed by atoms with Crippen LogP contribution in [0.1, 0.15) is 101 Å². The number of anilines is 1. The molecule has 2 rings (SSSR count). The highest BCUT2D eigenvalue weighted by Gasteiger charge is 2.30. The summed E-state index contributed by atoms with van der Waals surface area (Å²) in [5, 5.41) is 16.2. The molecule has 7 heteroatoms. The number of rotatable bonds is 17. The molecule has 2 aromatic rings. The fraction of sp³-hybridized carbons (Fsp3) is 0.567. The maximum absolute atomic E-state index is 13.3. The summed E-state index contributed by atoms with van der Waals surface area (Å²) in [6.45, 7) is 4.59. The van der Waals surface area contributed by atoms with Crippen LogP contribution in [0.2, 0.25) is 0 Å². The summed E-state index contributed by atoms with van der Waals surface area (Å²) in [7, 11) is 0. The van der Waals surface area contributed by atoms with E-state index in [9.17, 15) is 23.2 Å². The number of alkyl halides is 3. The lowest BCUT2D eigenvalue weighted by Crippen LogP contribution is -2.40. The van der Waals surface area contributed by atoms with Gasteiger partial charge in [-0.05, 0) is 37.6 Å². The lowest BCUT2D eigenvalue weighted by molar-refractivity contribution is -0.905. The maximum atomic E-state index is 13.3. The topological polar surface area (TPSA) is 52.2 Å². The van der Waals surface area contributed by atoms with E-state index in [0.29, 0.717) is 24.2 Å². The molecule has 0 aliphatic carbocycles. The van der Waals surface area contributed by atoms with E-state index in [0.717, 1.165) is 30.5 Å². The van der Waals surface area contributed by atoms with Gasteiger partial charge in [-0.3, -0.25) is 4.79 Å². The van der Waals surface area contributed by atoms with Crippen LogP contribution in [0.25, 0.3) is 0 Å². The third-order valence-electron chi connectivity index (χ3n) is 6.79. The number of amides is 1. The van der Waals surface area contributed by atoms with Crippen LogP contribution in [-0.4, -0.2) is 17.1 Å². The Kier molecular flexibility index (Phi) is 13.1. The second kappa shape index (κ2) is 15.8. The summed E-state index contributed by atoms with van der Waals surface area (Å²) < 4.78 is 37.8. The third kappa shape index (κ3) is 12.1. The van der Waals surface area contributed by atoms with E-state index >= 15 is 0 Å². The minimum Gasteiger partial charge on any atom is -0.632 e. The minimum atomic E-state index is -4.39. The molecule has 0 aliphatic heterocycles. The Hall–Kier alpha value is -2.38. The molecule has 0 bridgehead atoms. The van der Waals surface area contributed by atoms with Crippen LogP contribution in [0.15, 0.2) is 48.5 Å². The highest BCUT2D eigenvalue weighted by molar-refractivity contribution is 5.90. The fourth-order valence-corrected chi connectivity index (χ4v) is 4.43. The van der Waals surface area contributed by atoms with Crippen LogP contribution in [0.3, 0.4) is 0 Å². The summed E-state index contributed by atoms with van der Waals surface area (Å²) in [5.74, 6) is -0.00266. The van der Waals surface area contributed by atoms with Crippen LogP contribution >= 0.6 is 0 Å². The molecule has 0 saturated heterocycles. The van der Waals surface area contributed by atoms with Gasteiger partial charge in [0.1, 0.15) is 13.1 Å².